The first-order valence-electron chi connectivity index (χ1n) is 12.6. The Morgan fingerprint density at radius 2 is 1.71 bits per heavy atom. The lowest BCUT2D eigenvalue weighted by atomic mass is 9.95. The summed E-state index contributed by atoms with van der Waals surface area (Å²) >= 11 is 0. The van der Waals surface area contributed by atoms with E-state index in [0.717, 1.165) is 36.8 Å². The zero-order valence-electron chi connectivity index (χ0n) is 20.4. The van der Waals surface area contributed by atoms with Crippen LogP contribution in [0.5, 0.6) is 0 Å². The van der Waals surface area contributed by atoms with Crippen molar-refractivity contribution in [3.8, 4) is 0 Å². The fourth-order valence-electron chi connectivity index (χ4n) is 5.05. The van der Waals surface area contributed by atoms with E-state index in [-0.39, 0.29) is 17.9 Å². The highest BCUT2D eigenvalue weighted by molar-refractivity contribution is 5.89. The lowest BCUT2D eigenvalue weighted by molar-refractivity contribution is -0.141. The maximum atomic E-state index is 13.5. The van der Waals surface area contributed by atoms with Crippen LogP contribution in [0.2, 0.25) is 0 Å². The number of nitrogens with zero attached hydrogens (tertiary/aromatic N) is 1. The summed E-state index contributed by atoms with van der Waals surface area (Å²) in [6, 6.07) is 22.4. The van der Waals surface area contributed by atoms with Crippen molar-refractivity contribution >= 4 is 22.6 Å². The Balaban J connectivity index is 1.50. The van der Waals surface area contributed by atoms with Gasteiger partial charge < -0.3 is 10.2 Å². The van der Waals surface area contributed by atoms with Gasteiger partial charge in [-0.05, 0) is 55.0 Å². The maximum absolute atomic E-state index is 13.5. The molecule has 0 spiro atoms. The molecule has 34 heavy (non-hydrogen) atoms. The van der Waals surface area contributed by atoms with Gasteiger partial charge in [-0.1, -0.05) is 91.6 Å². The average Bonchev–Trinajstić information content (AvgIpc) is 2.86. The smallest absolute Gasteiger partial charge is 0.242 e. The molecule has 1 aliphatic carbocycles. The van der Waals surface area contributed by atoms with Gasteiger partial charge in [-0.25, -0.2) is 0 Å². The molecule has 3 aromatic rings. The molecule has 1 unspecified atom stereocenters. The van der Waals surface area contributed by atoms with E-state index in [2.05, 4.69) is 48.6 Å². The quantitative estimate of drug-likeness (QED) is 0.455. The molecule has 2 amide bonds. The van der Waals surface area contributed by atoms with E-state index >= 15 is 0 Å². The van der Waals surface area contributed by atoms with Crippen LogP contribution in [-0.4, -0.2) is 28.8 Å². The molecule has 3 aromatic carbocycles. The number of carbonyl (C=O) groups is 2. The first-order valence-corrected chi connectivity index (χ1v) is 12.6. The normalized spacial score (nSPS) is 15.1. The van der Waals surface area contributed by atoms with Gasteiger partial charge >= 0.3 is 0 Å². The van der Waals surface area contributed by atoms with Crippen molar-refractivity contribution in [2.75, 3.05) is 0 Å². The maximum Gasteiger partial charge on any atom is 0.242 e. The summed E-state index contributed by atoms with van der Waals surface area (Å²) in [4.78, 5) is 28.4. The van der Waals surface area contributed by atoms with Gasteiger partial charge in [0.05, 0.1) is 0 Å². The van der Waals surface area contributed by atoms with Crippen molar-refractivity contribution in [3.05, 3.63) is 83.4 Å². The summed E-state index contributed by atoms with van der Waals surface area (Å²) in [5.41, 5.74) is 3.37. The standard InChI is InChI=1S/C30H36N2O2/c1-22-10-8-11-24(20-22)21-32(23(2)30(34)31-27-15-4-3-5-16-27)29(33)19-18-26-14-9-13-25-12-6-7-17-28(25)26/h6-14,17,20,23,27H,3-5,15-16,18-19,21H2,1-2H3,(H,31,34). The van der Waals surface area contributed by atoms with E-state index in [1.165, 1.54) is 22.8 Å². The first kappa shape index (κ1) is 24.0. The number of hydrogen-bond donors (Lipinski definition) is 1. The molecule has 4 nitrogen and oxygen atoms in total. The Morgan fingerprint density at radius 1 is 0.971 bits per heavy atom. The van der Waals surface area contributed by atoms with Crippen molar-refractivity contribution in [1.82, 2.24) is 10.2 Å². The summed E-state index contributed by atoms with van der Waals surface area (Å²) in [6.45, 7) is 4.36. The molecule has 1 fully saturated rings. The first-order chi connectivity index (χ1) is 16.5. The summed E-state index contributed by atoms with van der Waals surface area (Å²) < 4.78 is 0. The van der Waals surface area contributed by atoms with Crippen LogP contribution in [0.3, 0.4) is 0 Å². The van der Waals surface area contributed by atoms with E-state index in [9.17, 15) is 9.59 Å². The minimum absolute atomic E-state index is 0.0146. The molecule has 4 rings (SSSR count). The number of nitrogens with one attached hydrogen (secondary N) is 1. The highest BCUT2D eigenvalue weighted by atomic mass is 16.2. The van der Waals surface area contributed by atoms with Gasteiger partial charge in [0.1, 0.15) is 6.04 Å². The molecule has 0 bridgehead atoms. The van der Waals surface area contributed by atoms with E-state index in [1.54, 1.807) is 4.90 Å². The molecule has 0 radical (unpaired) electrons. The van der Waals surface area contributed by atoms with Crippen LogP contribution in [0.25, 0.3) is 10.8 Å². The summed E-state index contributed by atoms with van der Waals surface area (Å²) in [5.74, 6) is -0.0289. The van der Waals surface area contributed by atoms with Crippen LogP contribution >= 0.6 is 0 Å². The molecule has 1 N–H and O–H groups in total. The van der Waals surface area contributed by atoms with Crippen molar-refractivity contribution in [2.24, 2.45) is 0 Å². The second-order valence-corrected chi connectivity index (χ2v) is 9.67. The number of benzene rings is 3. The van der Waals surface area contributed by atoms with E-state index in [1.807, 2.05) is 37.3 Å². The van der Waals surface area contributed by atoms with Crippen LogP contribution in [-0.2, 0) is 22.6 Å². The lowest BCUT2D eigenvalue weighted by Crippen LogP contribution is -2.50. The minimum Gasteiger partial charge on any atom is -0.352 e. The van der Waals surface area contributed by atoms with Gasteiger partial charge in [0.15, 0.2) is 0 Å². The Bertz CT molecular complexity index is 1130. The predicted molar refractivity (Wildman–Crippen MR) is 138 cm³/mol. The van der Waals surface area contributed by atoms with Gasteiger partial charge in [-0.3, -0.25) is 9.59 Å². The Morgan fingerprint density at radius 3 is 2.50 bits per heavy atom. The van der Waals surface area contributed by atoms with Gasteiger partial charge in [0, 0.05) is 19.0 Å². The zero-order valence-corrected chi connectivity index (χ0v) is 20.4. The molecule has 4 heteroatoms. The average molecular weight is 457 g/mol. The summed E-state index contributed by atoms with van der Waals surface area (Å²) in [7, 11) is 0. The number of fused-ring (bicyclic) bond motifs is 1. The summed E-state index contributed by atoms with van der Waals surface area (Å²) in [5, 5.41) is 5.59. The van der Waals surface area contributed by atoms with E-state index < -0.39 is 6.04 Å². The largest absolute Gasteiger partial charge is 0.352 e. The molecule has 1 saturated carbocycles. The molecule has 0 saturated heterocycles. The van der Waals surface area contributed by atoms with Crippen LogP contribution in [0.1, 0.15) is 62.1 Å². The Labute approximate surface area is 203 Å². The number of rotatable bonds is 8. The third-order valence-corrected chi connectivity index (χ3v) is 7.04. The van der Waals surface area contributed by atoms with E-state index in [0.29, 0.717) is 19.4 Å². The highest BCUT2D eigenvalue weighted by Gasteiger charge is 2.28. The second-order valence-electron chi connectivity index (χ2n) is 9.67. The van der Waals surface area contributed by atoms with Crippen molar-refractivity contribution < 1.29 is 9.59 Å². The highest BCUT2D eigenvalue weighted by Crippen LogP contribution is 2.22. The number of aryl methyl sites for hydroxylation is 2. The number of hydrogen-bond acceptors (Lipinski definition) is 2. The SMILES string of the molecule is Cc1cccc(CN(C(=O)CCc2cccc3ccccc23)C(C)C(=O)NC2CCCCC2)c1. The van der Waals surface area contributed by atoms with Crippen LogP contribution in [0.15, 0.2) is 66.7 Å². The van der Waals surface area contributed by atoms with E-state index in [4.69, 9.17) is 0 Å². The molecule has 1 aliphatic rings. The van der Waals surface area contributed by atoms with Crippen molar-refractivity contribution in [2.45, 2.75) is 77.4 Å². The number of carbonyl (C=O) groups excluding carboxylic acids is 2. The molecule has 178 valence electrons. The monoisotopic (exact) mass is 456 g/mol. The van der Waals surface area contributed by atoms with Crippen molar-refractivity contribution in [3.63, 3.8) is 0 Å². The van der Waals surface area contributed by atoms with Crippen LogP contribution in [0, 0.1) is 6.92 Å². The Hall–Kier alpha value is -3.14. The third kappa shape index (κ3) is 6.05. The zero-order chi connectivity index (χ0) is 23.9. The molecular weight excluding hydrogens is 420 g/mol. The minimum atomic E-state index is -0.512. The molecule has 0 aromatic heterocycles. The molecule has 0 heterocycles. The third-order valence-electron chi connectivity index (χ3n) is 7.04. The summed E-state index contributed by atoms with van der Waals surface area (Å²) in [6.07, 6.45) is 6.67. The van der Waals surface area contributed by atoms with Crippen LogP contribution in [0.4, 0.5) is 0 Å². The lowest BCUT2D eigenvalue weighted by Gasteiger charge is -2.31. The fourth-order valence-corrected chi connectivity index (χ4v) is 5.05. The van der Waals surface area contributed by atoms with Gasteiger partial charge in [-0.2, -0.15) is 0 Å². The van der Waals surface area contributed by atoms with Gasteiger partial charge in [0.2, 0.25) is 11.8 Å². The topological polar surface area (TPSA) is 49.4 Å². The Kier molecular flexibility index (Phi) is 7.99. The van der Waals surface area contributed by atoms with Crippen LogP contribution < -0.4 is 5.32 Å². The fraction of sp³-hybridized carbons (Fsp3) is 0.400. The predicted octanol–water partition coefficient (Wildman–Crippen LogP) is 5.95. The van der Waals surface area contributed by atoms with Gasteiger partial charge in [0.25, 0.3) is 0 Å². The molecule has 1 atom stereocenters. The number of amides is 2. The second kappa shape index (κ2) is 11.3. The van der Waals surface area contributed by atoms with Gasteiger partial charge in [-0.15, -0.1) is 0 Å². The van der Waals surface area contributed by atoms with Crippen molar-refractivity contribution in [1.29, 1.82) is 0 Å². The molecular formula is C30H36N2O2. The molecule has 0 aliphatic heterocycles.